The molecule has 1 aliphatic rings. The Morgan fingerprint density at radius 3 is 2.20 bits per heavy atom. The van der Waals surface area contributed by atoms with Gasteiger partial charge in [0, 0.05) is 5.92 Å². The minimum atomic E-state index is -4.25. The molecule has 82 valence electrons. The second-order valence-corrected chi connectivity index (χ2v) is 3.78. The monoisotopic (exact) mass is 216 g/mol. The fraction of sp³-hybridized carbons (Fsp3) is 0.455. The first kappa shape index (κ1) is 10.5. The summed E-state index contributed by atoms with van der Waals surface area (Å²) in [4.78, 5) is 0. The van der Waals surface area contributed by atoms with E-state index < -0.39 is 11.7 Å². The lowest BCUT2D eigenvalue weighted by Crippen LogP contribution is -2.06. The largest absolute Gasteiger partial charge is 0.416 e. The summed E-state index contributed by atoms with van der Waals surface area (Å²) in [5.41, 5.74) is 0.292. The van der Waals surface area contributed by atoms with Gasteiger partial charge in [-0.25, -0.2) is 0 Å². The molecular weight excluding hydrogens is 205 g/mol. The molecule has 0 aliphatic carbocycles. The number of ether oxygens (including phenoxy) is 1. The van der Waals surface area contributed by atoms with Gasteiger partial charge in [-0.05, 0) is 17.7 Å². The number of halogens is 3. The molecule has 0 bridgehead atoms. The van der Waals surface area contributed by atoms with Crippen molar-refractivity contribution in [3.63, 3.8) is 0 Å². The Bertz CT molecular complexity index is 338. The van der Waals surface area contributed by atoms with Gasteiger partial charge in [0.2, 0.25) is 0 Å². The van der Waals surface area contributed by atoms with Gasteiger partial charge in [0.05, 0.1) is 18.3 Å². The van der Waals surface area contributed by atoms with Crippen molar-refractivity contribution >= 4 is 0 Å². The summed E-state index contributed by atoms with van der Waals surface area (Å²) in [5, 5.41) is 0. The van der Waals surface area contributed by atoms with E-state index in [9.17, 15) is 13.2 Å². The summed E-state index contributed by atoms with van der Waals surface area (Å²) in [6.45, 7) is 2.67. The van der Waals surface area contributed by atoms with Crippen molar-refractivity contribution in [2.45, 2.75) is 25.1 Å². The van der Waals surface area contributed by atoms with Crippen LogP contribution in [0.3, 0.4) is 0 Å². The third-order valence-corrected chi connectivity index (χ3v) is 2.68. The van der Waals surface area contributed by atoms with Gasteiger partial charge in [-0.3, -0.25) is 0 Å². The summed E-state index contributed by atoms with van der Waals surface area (Å²) >= 11 is 0. The Morgan fingerprint density at radius 1 is 1.27 bits per heavy atom. The predicted molar refractivity (Wildman–Crippen MR) is 49.6 cm³/mol. The third-order valence-electron chi connectivity index (χ3n) is 2.68. The van der Waals surface area contributed by atoms with Gasteiger partial charge in [0.1, 0.15) is 0 Å². The summed E-state index contributed by atoms with van der Waals surface area (Å²) < 4.78 is 41.9. The Labute approximate surface area is 85.9 Å². The fourth-order valence-electron chi connectivity index (χ4n) is 1.53. The summed E-state index contributed by atoms with van der Waals surface area (Å²) in [5.74, 6) is 0.173. The van der Waals surface area contributed by atoms with Gasteiger partial charge in [0.15, 0.2) is 0 Å². The van der Waals surface area contributed by atoms with E-state index in [1.54, 1.807) is 0 Å². The molecule has 1 aromatic carbocycles. The van der Waals surface area contributed by atoms with Crippen LogP contribution in [-0.4, -0.2) is 12.7 Å². The molecule has 0 aromatic heterocycles. The van der Waals surface area contributed by atoms with E-state index in [0.717, 1.165) is 17.7 Å². The quantitative estimate of drug-likeness (QED) is 0.691. The van der Waals surface area contributed by atoms with Gasteiger partial charge >= 0.3 is 6.18 Å². The predicted octanol–water partition coefficient (Wildman–Crippen LogP) is 3.21. The Morgan fingerprint density at radius 2 is 1.80 bits per heavy atom. The number of alkyl halides is 3. The van der Waals surface area contributed by atoms with Crippen LogP contribution in [-0.2, 0) is 10.9 Å². The molecule has 0 saturated carbocycles. The summed E-state index contributed by atoms with van der Waals surface area (Å²) in [7, 11) is 0. The zero-order valence-electron chi connectivity index (χ0n) is 8.21. The van der Waals surface area contributed by atoms with Gasteiger partial charge < -0.3 is 4.74 Å². The lowest BCUT2D eigenvalue weighted by molar-refractivity contribution is -0.137. The summed E-state index contributed by atoms with van der Waals surface area (Å²) in [6, 6.07) is 5.28. The molecule has 0 radical (unpaired) electrons. The number of hydrogen-bond acceptors (Lipinski definition) is 1. The van der Waals surface area contributed by atoms with E-state index in [4.69, 9.17) is 4.74 Å². The highest BCUT2D eigenvalue weighted by Gasteiger charge is 2.32. The van der Waals surface area contributed by atoms with Crippen LogP contribution in [0, 0.1) is 0 Å². The number of rotatable bonds is 2. The molecule has 1 nitrogen and oxygen atoms in total. The molecule has 1 unspecified atom stereocenters. The van der Waals surface area contributed by atoms with Crippen molar-refractivity contribution in [3.05, 3.63) is 35.4 Å². The maximum atomic E-state index is 12.3. The molecule has 4 heteroatoms. The van der Waals surface area contributed by atoms with Gasteiger partial charge in [-0.2, -0.15) is 13.2 Å². The molecule has 2 rings (SSSR count). The average molecular weight is 216 g/mol. The Balaban J connectivity index is 2.16. The first-order chi connectivity index (χ1) is 6.98. The molecule has 1 aliphatic heterocycles. The Hall–Kier alpha value is -1.03. The fourth-order valence-corrected chi connectivity index (χ4v) is 1.53. The van der Waals surface area contributed by atoms with Gasteiger partial charge in [-0.15, -0.1) is 0 Å². The molecule has 1 fully saturated rings. The lowest BCUT2D eigenvalue weighted by Gasteiger charge is -2.11. The molecule has 0 N–H and O–H groups in total. The van der Waals surface area contributed by atoms with Gasteiger partial charge in [-0.1, -0.05) is 19.1 Å². The molecular formula is C11H11F3O. The van der Waals surface area contributed by atoms with E-state index in [1.165, 1.54) is 12.1 Å². The van der Waals surface area contributed by atoms with Crippen molar-refractivity contribution in [2.24, 2.45) is 0 Å². The van der Waals surface area contributed by atoms with Crippen molar-refractivity contribution in [3.8, 4) is 0 Å². The topological polar surface area (TPSA) is 12.5 Å². The van der Waals surface area contributed by atoms with E-state index in [2.05, 4.69) is 0 Å². The second-order valence-electron chi connectivity index (χ2n) is 3.78. The smallest absolute Gasteiger partial charge is 0.372 e. The zero-order chi connectivity index (χ0) is 11.1. The molecule has 15 heavy (non-hydrogen) atoms. The number of epoxide rings is 1. The van der Waals surface area contributed by atoms with Crippen molar-refractivity contribution in [1.29, 1.82) is 0 Å². The highest BCUT2D eigenvalue weighted by atomic mass is 19.4. The highest BCUT2D eigenvalue weighted by Crippen LogP contribution is 2.33. The SMILES string of the molecule is C[C@H](c1ccc(C(F)(F)F)cc1)C1CO1. The van der Waals surface area contributed by atoms with Crippen LogP contribution in [0.1, 0.15) is 24.0 Å². The van der Waals surface area contributed by atoms with Crippen LogP contribution < -0.4 is 0 Å². The minimum absolute atomic E-state index is 0.173. The van der Waals surface area contributed by atoms with Crippen LogP contribution >= 0.6 is 0 Å². The van der Waals surface area contributed by atoms with E-state index >= 15 is 0 Å². The molecule has 2 atom stereocenters. The van der Waals surface area contributed by atoms with E-state index in [-0.39, 0.29) is 12.0 Å². The van der Waals surface area contributed by atoms with Crippen LogP contribution in [0.15, 0.2) is 24.3 Å². The lowest BCUT2D eigenvalue weighted by atomic mass is 9.97. The molecule has 0 amide bonds. The first-order valence-electron chi connectivity index (χ1n) is 4.77. The van der Waals surface area contributed by atoms with Crippen LogP contribution in [0.2, 0.25) is 0 Å². The zero-order valence-corrected chi connectivity index (χ0v) is 8.21. The first-order valence-corrected chi connectivity index (χ1v) is 4.77. The standard InChI is InChI=1S/C11H11F3O/c1-7(10-6-15-10)8-2-4-9(5-3-8)11(12,13)14/h2-5,7,10H,6H2,1H3/t7-,10?/m1/s1. The average Bonchev–Trinajstić information content (AvgIpc) is 2.99. The van der Waals surface area contributed by atoms with Crippen LogP contribution in [0.25, 0.3) is 0 Å². The van der Waals surface area contributed by atoms with Crippen molar-refractivity contribution in [1.82, 2.24) is 0 Å². The summed E-state index contributed by atoms with van der Waals surface area (Å²) in [6.07, 6.45) is -4.07. The number of benzene rings is 1. The highest BCUT2D eigenvalue weighted by molar-refractivity contribution is 5.28. The maximum Gasteiger partial charge on any atom is 0.416 e. The van der Waals surface area contributed by atoms with Crippen molar-refractivity contribution in [2.75, 3.05) is 6.61 Å². The normalized spacial score (nSPS) is 22.5. The third kappa shape index (κ3) is 2.31. The van der Waals surface area contributed by atoms with E-state index in [0.29, 0.717) is 6.61 Å². The Kier molecular flexibility index (Phi) is 2.46. The molecule has 1 saturated heterocycles. The molecule has 1 aromatic rings. The maximum absolute atomic E-state index is 12.3. The second kappa shape index (κ2) is 3.52. The van der Waals surface area contributed by atoms with Crippen LogP contribution in [0.5, 0.6) is 0 Å². The van der Waals surface area contributed by atoms with Gasteiger partial charge in [0.25, 0.3) is 0 Å². The van der Waals surface area contributed by atoms with Crippen LogP contribution in [0.4, 0.5) is 13.2 Å². The minimum Gasteiger partial charge on any atom is -0.372 e. The molecule has 0 spiro atoms. The van der Waals surface area contributed by atoms with Crippen molar-refractivity contribution < 1.29 is 17.9 Å². The number of hydrogen-bond donors (Lipinski definition) is 0. The van der Waals surface area contributed by atoms with E-state index in [1.807, 2.05) is 6.92 Å². The molecule has 1 heterocycles.